The van der Waals surface area contributed by atoms with Crippen LogP contribution in [-0.2, 0) is 4.79 Å². The summed E-state index contributed by atoms with van der Waals surface area (Å²) < 4.78 is 5.04. The van der Waals surface area contributed by atoms with Crippen LogP contribution in [0.5, 0.6) is 5.75 Å². The molecule has 0 unspecified atom stereocenters. The number of nitriles is 1. The number of rotatable bonds is 4. The summed E-state index contributed by atoms with van der Waals surface area (Å²) in [6.07, 6.45) is 2.61. The van der Waals surface area contributed by atoms with Crippen LogP contribution in [-0.4, -0.2) is 10.9 Å². The molecule has 0 N–H and O–H groups in total. The molecule has 2 aromatic rings. The molecule has 0 bridgehead atoms. The average molecular weight is 294 g/mol. The summed E-state index contributed by atoms with van der Waals surface area (Å²) in [5.74, 6) is -0.302. The Hall–Kier alpha value is -3.46. The fraction of sp³-hybridized carbons (Fsp3) is 0. The van der Waals surface area contributed by atoms with Gasteiger partial charge >= 0.3 is 5.97 Å². The molecule has 2 rings (SSSR count). The van der Waals surface area contributed by atoms with Gasteiger partial charge < -0.3 is 4.74 Å². The molecule has 0 aliphatic carbocycles. The zero-order valence-electron chi connectivity index (χ0n) is 11.3. The second kappa shape index (κ2) is 6.81. The minimum Gasteiger partial charge on any atom is -0.423 e. The van der Waals surface area contributed by atoms with Crippen molar-refractivity contribution in [2.45, 2.75) is 0 Å². The summed E-state index contributed by atoms with van der Waals surface area (Å²) >= 11 is 0. The summed E-state index contributed by atoms with van der Waals surface area (Å²) in [5, 5.41) is 19.3. The van der Waals surface area contributed by atoms with E-state index >= 15 is 0 Å². The lowest BCUT2D eigenvalue weighted by Crippen LogP contribution is -2.03. The van der Waals surface area contributed by atoms with Gasteiger partial charge in [0, 0.05) is 18.2 Å². The third kappa shape index (κ3) is 4.02. The van der Waals surface area contributed by atoms with Gasteiger partial charge in [0.1, 0.15) is 5.75 Å². The van der Waals surface area contributed by atoms with Crippen LogP contribution < -0.4 is 4.74 Å². The SMILES string of the molecule is N#Cc1ccc(OC(=O)C=Cc2cccc([N+](=O)[O-])c2)cc1. The number of esters is 1. The zero-order valence-corrected chi connectivity index (χ0v) is 11.3. The first-order chi connectivity index (χ1) is 10.6. The third-order valence-electron chi connectivity index (χ3n) is 2.69. The highest BCUT2D eigenvalue weighted by Crippen LogP contribution is 2.15. The van der Waals surface area contributed by atoms with Gasteiger partial charge in [0.2, 0.25) is 0 Å². The van der Waals surface area contributed by atoms with E-state index in [-0.39, 0.29) is 5.69 Å². The van der Waals surface area contributed by atoms with E-state index in [0.717, 1.165) is 0 Å². The standard InChI is InChI=1S/C16H10N2O4/c17-11-13-4-7-15(8-5-13)22-16(19)9-6-12-2-1-3-14(10-12)18(20)21/h1-10H. The Labute approximate surface area is 126 Å². The number of carbonyl (C=O) groups is 1. The molecular formula is C16H10N2O4. The molecule has 0 saturated carbocycles. The fourth-order valence-electron chi connectivity index (χ4n) is 1.65. The van der Waals surface area contributed by atoms with E-state index < -0.39 is 10.9 Å². The van der Waals surface area contributed by atoms with Gasteiger partial charge in [-0.15, -0.1) is 0 Å². The van der Waals surface area contributed by atoms with Gasteiger partial charge in [-0.05, 0) is 35.9 Å². The second-order valence-corrected chi connectivity index (χ2v) is 4.24. The number of nitro benzene ring substituents is 1. The van der Waals surface area contributed by atoms with E-state index in [1.54, 1.807) is 6.07 Å². The highest BCUT2D eigenvalue weighted by molar-refractivity contribution is 5.88. The van der Waals surface area contributed by atoms with Crippen molar-refractivity contribution in [2.24, 2.45) is 0 Å². The molecule has 6 heteroatoms. The molecule has 0 amide bonds. The molecule has 22 heavy (non-hydrogen) atoms. The number of ether oxygens (including phenoxy) is 1. The summed E-state index contributed by atoms with van der Waals surface area (Å²) in [6, 6.07) is 13.9. The lowest BCUT2D eigenvalue weighted by molar-refractivity contribution is -0.384. The van der Waals surface area contributed by atoms with Crippen molar-refractivity contribution in [1.29, 1.82) is 5.26 Å². The molecule has 0 heterocycles. The summed E-state index contributed by atoms with van der Waals surface area (Å²) in [6.45, 7) is 0. The first-order valence-corrected chi connectivity index (χ1v) is 6.23. The van der Waals surface area contributed by atoms with E-state index in [1.165, 1.54) is 54.6 Å². The van der Waals surface area contributed by atoms with Crippen LogP contribution in [0.15, 0.2) is 54.6 Å². The van der Waals surface area contributed by atoms with Crippen molar-refractivity contribution in [3.8, 4) is 11.8 Å². The average Bonchev–Trinajstić information content (AvgIpc) is 2.54. The molecule has 6 nitrogen and oxygen atoms in total. The second-order valence-electron chi connectivity index (χ2n) is 4.24. The van der Waals surface area contributed by atoms with Crippen LogP contribution in [0.4, 0.5) is 5.69 Å². The normalized spacial score (nSPS) is 10.1. The molecule has 0 saturated heterocycles. The number of hydrogen-bond acceptors (Lipinski definition) is 5. The lowest BCUT2D eigenvalue weighted by Gasteiger charge is -2.00. The Morgan fingerprint density at radius 2 is 1.95 bits per heavy atom. The molecule has 0 aliphatic rings. The van der Waals surface area contributed by atoms with E-state index in [1.807, 2.05) is 6.07 Å². The maximum Gasteiger partial charge on any atom is 0.336 e. The molecule has 0 aromatic heterocycles. The molecule has 0 fully saturated rings. The van der Waals surface area contributed by atoms with Crippen molar-refractivity contribution < 1.29 is 14.5 Å². The zero-order chi connectivity index (χ0) is 15.9. The summed E-state index contributed by atoms with van der Waals surface area (Å²) in [5.41, 5.74) is 0.931. The van der Waals surface area contributed by atoms with Crippen molar-refractivity contribution >= 4 is 17.7 Å². The van der Waals surface area contributed by atoms with Gasteiger partial charge in [-0.3, -0.25) is 10.1 Å². The Morgan fingerprint density at radius 3 is 2.59 bits per heavy atom. The molecule has 0 atom stereocenters. The van der Waals surface area contributed by atoms with Crippen LogP contribution >= 0.6 is 0 Å². The number of non-ortho nitro benzene ring substituents is 1. The molecule has 0 aliphatic heterocycles. The predicted octanol–water partition coefficient (Wildman–Crippen LogP) is 3.09. The minimum absolute atomic E-state index is 0.0531. The van der Waals surface area contributed by atoms with Crippen LogP contribution in [0.2, 0.25) is 0 Å². The summed E-state index contributed by atoms with van der Waals surface area (Å²) in [7, 11) is 0. The van der Waals surface area contributed by atoms with Crippen LogP contribution in [0.25, 0.3) is 6.08 Å². The Balaban J connectivity index is 2.03. The first kappa shape index (κ1) is 14.9. The van der Waals surface area contributed by atoms with Gasteiger partial charge in [-0.1, -0.05) is 12.1 Å². The molecule has 108 valence electrons. The monoisotopic (exact) mass is 294 g/mol. The van der Waals surface area contributed by atoms with Crippen molar-refractivity contribution in [3.63, 3.8) is 0 Å². The number of hydrogen-bond donors (Lipinski definition) is 0. The van der Waals surface area contributed by atoms with Gasteiger partial charge in [0.15, 0.2) is 0 Å². The van der Waals surface area contributed by atoms with E-state index in [9.17, 15) is 14.9 Å². The lowest BCUT2D eigenvalue weighted by atomic mass is 10.2. The van der Waals surface area contributed by atoms with Crippen LogP contribution in [0.1, 0.15) is 11.1 Å². The fourth-order valence-corrected chi connectivity index (χ4v) is 1.65. The minimum atomic E-state index is -0.615. The van der Waals surface area contributed by atoms with Crippen molar-refractivity contribution in [2.75, 3.05) is 0 Å². The quantitative estimate of drug-likeness (QED) is 0.284. The maximum atomic E-state index is 11.7. The predicted molar refractivity (Wildman–Crippen MR) is 78.9 cm³/mol. The number of nitro groups is 1. The van der Waals surface area contributed by atoms with E-state index in [4.69, 9.17) is 10.00 Å². The summed E-state index contributed by atoms with van der Waals surface area (Å²) in [4.78, 5) is 21.8. The number of carbonyl (C=O) groups excluding carboxylic acids is 1. The van der Waals surface area contributed by atoms with Crippen molar-refractivity contribution in [1.82, 2.24) is 0 Å². The first-order valence-electron chi connectivity index (χ1n) is 6.23. The smallest absolute Gasteiger partial charge is 0.336 e. The van der Waals surface area contributed by atoms with Crippen molar-refractivity contribution in [3.05, 3.63) is 75.8 Å². The molecule has 0 spiro atoms. The van der Waals surface area contributed by atoms with Crippen LogP contribution in [0.3, 0.4) is 0 Å². The Bertz CT molecular complexity index is 773. The Kier molecular flexibility index (Phi) is 4.63. The van der Waals surface area contributed by atoms with Gasteiger partial charge in [0.25, 0.3) is 5.69 Å². The number of nitrogens with zero attached hydrogens (tertiary/aromatic N) is 2. The maximum absolute atomic E-state index is 11.7. The van der Waals surface area contributed by atoms with E-state index in [0.29, 0.717) is 16.9 Å². The largest absolute Gasteiger partial charge is 0.423 e. The topological polar surface area (TPSA) is 93.2 Å². The van der Waals surface area contributed by atoms with Crippen LogP contribution in [0, 0.1) is 21.4 Å². The van der Waals surface area contributed by atoms with Gasteiger partial charge in [0.05, 0.1) is 16.6 Å². The number of benzene rings is 2. The molecule has 0 radical (unpaired) electrons. The molecule has 2 aromatic carbocycles. The Morgan fingerprint density at radius 1 is 1.23 bits per heavy atom. The van der Waals surface area contributed by atoms with E-state index in [2.05, 4.69) is 0 Å². The van der Waals surface area contributed by atoms with Gasteiger partial charge in [-0.25, -0.2) is 4.79 Å². The molecular weight excluding hydrogens is 284 g/mol. The highest BCUT2D eigenvalue weighted by Gasteiger charge is 2.05. The third-order valence-corrected chi connectivity index (χ3v) is 2.69. The van der Waals surface area contributed by atoms with Gasteiger partial charge in [-0.2, -0.15) is 5.26 Å². The highest BCUT2D eigenvalue weighted by atomic mass is 16.6.